The molecule has 0 atom stereocenters. The fourth-order valence-electron chi connectivity index (χ4n) is 2.41. The maximum atomic E-state index is 5.97. The molecule has 0 amide bonds. The zero-order valence-corrected chi connectivity index (χ0v) is 11.8. The average molecular weight is 280 g/mol. The van der Waals surface area contributed by atoms with Crippen LogP contribution in [0.4, 0.5) is 0 Å². The highest BCUT2D eigenvalue weighted by Crippen LogP contribution is 2.20. The van der Waals surface area contributed by atoms with Gasteiger partial charge in [-0.15, -0.1) is 0 Å². The van der Waals surface area contributed by atoms with Crippen molar-refractivity contribution in [3.05, 3.63) is 35.2 Å². The molecule has 4 nitrogen and oxygen atoms in total. The molecule has 1 saturated heterocycles. The van der Waals surface area contributed by atoms with E-state index in [-0.39, 0.29) is 5.54 Å². The molecule has 5 heteroatoms. The Morgan fingerprint density at radius 2 is 2.16 bits per heavy atom. The lowest BCUT2D eigenvalue weighted by atomic mass is 9.92. The number of rotatable bonds is 3. The Balaban J connectivity index is 1.71. The van der Waals surface area contributed by atoms with Gasteiger partial charge < -0.3 is 14.5 Å². The zero-order valence-electron chi connectivity index (χ0n) is 11.0. The summed E-state index contributed by atoms with van der Waals surface area (Å²) in [6.45, 7) is 4.70. The van der Waals surface area contributed by atoms with Gasteiger partial charge in [0.1, 0.15) is 5.65 Å². The van der Waals surface area contributed by atoms with E-state index >= 15 is 0 Å². The lowest BCUT2D eigenvalue weighted by Crippen LogP contribution is -2.46. The van der Waals surface area contributed by atoms with Gasteiger partial charge in [-0.05, 0) is 31.9 Å². The van der Waals surface area contributed by atoms with E-state index in [1.54, 1.807) is 0 Å². The second kappa shape index (κ2) is 5.12. The standard InChI is InChI=1S/C14H18ClN3O/c1-14(4-6-19-7-5-14)16-8-12-10-18-9-11(15)2-3-13(18)17-12/h2-3,9-10,16H,4-8H2,1H3. The van der Waals surface area contributed by atoms with Gasteiger partial charge in [0.2, 0.25) is 0 Å². The Morgan fingerprint density at radius 3 is 2.95 bits per heavy atom. The molecule has 1 fully saturated rings. The molecule has 0 aromatic carbocycles. The SMILES string of the molecule is CC1(NCc2cn3cc(Cl)ccc3n2)CCOCC1. The summed E-state index contributed by atoms with van der Waals surface area (Å²) in [7, 11) is 0. The van der Waals surface area contributed by atoms with Crippen LogP contribution in [-0.2, 0) is 11.3 Å². The highest BCUT2D eigenvalue weighted by molar-refractivity contribution is 6.30. The number of hydrogen-bond acceptors (Lipinski definition) is 3. The van der Waals surface area contributed by atoms with Gasteiger partial charge in [-0.3, -0.25) is 0 Å². The summed E-state index contributed by atoms with van der Waals surface area (Å²) in [5, 5.41) is 4.32. The van der Waals surface area contributed by atoms with Crippen LogP contribution in [0.3, 0.4) is 0 Å². The number of nitrogens with zero attached hydrogens (tertiary/aromatic N) is 2. The van der Waals surface area contributed by atoms with Gasteiger partial charge in [0, 0.05) is 37.7 Å². The van der Waals surface area contributed by atoms with Crippen LogP contribution >= 0.6 is 11.6 Å². The average Bonchev–Trinajstić information content (AvgIpc) is 2.79. The van der Waals surface area contributed by atoms with Crippen molar-refractivity contribution < 1.29 is 4.74 Å². The molecule has 19 heavy (non-hydrogen) atoms. The van der Waals surface area contributed by atoms with Crippen molar-refractivity contribution >= 4 is 17.2 Å². The molecule has 2 aromatic heterocycles. The molecule has 0 saturated carbocycles. The number of fused-ring (bicyclic) bond motifs is 1. The van der Waals surface area contributed by atoms with E-state index in [9.17, 15) is 0 Å². The van der Waals surface area contributed by atoms with Crippen molar-refractivity contribution in [1.82, 2.24) is 14.7 Å². The summed E-state index contributed by atoms with van der Waals surface area (Å²) in [4.78, 5) is 4.58. The van der Waals surface area contributed by atoms with Gasteiger partial charge in [0.05, 0.1) is 10.7 Å². The number of pyridine rings is 1. The van der Waals surface area contributed by atoms with E-state index in [0.717, 1.165) is 49.0 Å². The van der Waals surface area contributed by atoms with Crippen LogP contribution in [0.5, 0.6) is 0 Å². The maximum absolute atomic E-state index is 5.97. The molecular formula is C14H18ClN3O. The van der Waals surface area contributed by atoms with Crippen LogP contribution in [0, 0.1) is 0 Å². The van der Waals surface area contributed by atoms with Gasteiger partial charge in [-0.2, -0.15) is 0 Å². The van der Waals surface area contributed by atoms with Crippen molar-refractivity contribution in [2.45, 2.75) is 31.8 Å². The molecule has 1 aliphatic rings. The van der Waals surface area contributed by atoms with E-state index in [0.29, 0.717) is 0 Å². The Morgan fingerprint density at radius 1 is 1.37 bits per heavy atom. The van der Waals surface area contributed by atoms with Gasteiger partial charge in [-0.1, -0.05) is 11.6 Å². The van der Waals surface area contributed by atoms with E-state index in [4.69, 9.17) is 16.3 Å². The van der Waals surface area contributed by atoms with E-state index < -0.39 is 0 Å². The second-order valence-electron chi connectivity index (χ2n) is 5.37. The van der Waals surface area contributed by atoms with Gasteiger partial charge >= 0.3 is 0 Å². The third-order valence-corrected chi connectivity index (χ3v) is 3.98. The fourth-order valence-corrected chi connectivity index (χ4v) is 2.57. The van der Waals surface area contributed by atoms with Crippen molar-refractivity contribution in [1.29, 1.82) is 0 Å². The fraction of sp³-hybridized carbons (Fsp3) is 0.500. The van der Waals surface area contributed by atoms with Crippen LogP contribution in [0.1, 0.15) is 25.5 Å². The van der Waals surface area contributed by atoms with E-state index in [1.807, 2.05) is 28.9 Å². The number of imidazole rings is 1. The Kier molecular flexibility index (Phi) is 3.48. The number of hydrogen-bond donors (Lipinski definition) is 1. The summed E-state index contributed by atoms with van der Waals surface area (Å²) in [6.07, 6.45) is 6.00. The molecule has 2 aromatic rings. The zero-order chi connectivity index (χ0) is 13.3. The second-order valence-corrected chi connectivity index (χ2v) is 5.81. The molecule has 0 aliphatic carbocycles. The minimum atomic E-state index is 0.158. The highest BCUT2D eigenvalue weighted by Gasteiger charge is 2.26. The first-order valence-electron chi connectivity index (χ1n) is 6.61. The van der Waals surface area contributed by atoms with Crippen molar-refractivity contribution in [2.24, 2.45) is 0 Å². The van der Waals surface area contributed by atoms with Gasteiger partial charge in [0.25, 0.3) is 0 Å². The van der Waals surface area contributed by atoms with Gasteiger partial charge in [0.15, 0.2) is 0 Å². The Labute approximate surface area is 117 Å². The molecule has 102 valence electrons. The van der Waals surface area contributed by atoms with Crippen LogP contribution < -0.4 is 5.32 Å². The quantitative estimate of drug-likeness (QED) is 0.939. The largest absolute Gasteiger partial charge is 0.381 e. The predicted molar refractivity (Wildman–Crippen MR) is 75.5 cm³/mol. The smallest absolute Gasteiger partial charge is 0.137 e. The first kappa shape index (κ1) is 12.9. The molecule has 1 N–H and O–H groups in total. The third-order valence-electron chi connectivity index (χ3n) is 3.76. The normalized spacial score (nSPS) is 18.8. The topological polar surface area (TPSA) is 38.6 Å². The molecule has 0 radical (unpaired) electrons. The van der Waals surface area contributed by atoms with Crippen molar-refractivity contribution in [2.75, 3.05) is 13.2 Å². The van der Waals surface area contributed by atoms with Crippen LogP contribution in [0.15, 0.2) is 24.5 Å². The number of aromatic nitrogens is 2. The summed E-state index contributed by atoms with van der Waals surface area (Å²) in [6, 6.07) is 3.79. The lowest BCUT2D eigenvalue weighted by molar-refractivity contribution is 0.0445. The summed E-state index contributed by atoms with van der Waals surface area (Å²) < 4.78 is 7.37. The minimum absolute atomic E-state index is 0.158. The first-order valence-corrected chi connectivity index (χ1v) is 6.98. The van der Waals surface area contributed by atoms with Crippen LogP contribution in [0.25, 0.3) is 5.65 Å². The first-order chi connectivity index (χ1) is 9.15. The van der Waals surface area contributed by atoms with E-state index in [1.165, 1.54) is 0 Å². The lowest BCUT2D eigenvalue weighted by Gasteiger charge is -2.34. The molecule has 3 rings (SSSR count). The molecule has 3 heterocycles. The number of halogens is 1. The third kappa shape index (κ3) is 2.91. The number of nitrogens with one attached hydrogen (secondary N) is 1. The molecule has 0 spiro atoms. The molecular weight excluding hydrogens is 262 g/mol. The van der Waals surface area contributed by atoms with Crippen LogP contribution in [0.2, 0.25) is 5.02 Å². The predicted octanol–water partition coefficient (Wildman–Crippen LogP) is 2.65. The van der Waals surface area contributed by atoms with Gasteiger partial charge in [-0.25, -0.2) is 4.98 Å². The summed E-state index contributed by atoms with van der Waals surface area (Å²) in [5.74, 6) is 0. The molecule has 0 bridgehead atoms. The summed E-state index contributed by atoms with van der Waals surface area (Å²) >= 11 is 5.97. The molecule has 0 unspecified atom stereocenters. The monoisotopic (exact) mass is 279 g/mol. The highest BCUT2D eigenvalue weighted by atomic mass is 35.5. The van der Waals surface area contributed by atoms with E-state index in [2.05, 4.69) is 17.2 Å². The van der Waals surface area contributed by atoms with Crippen LogP contribution in [-0.4, -0.2) is 28.1 Å². The minimum Gasteiger partial charge on any atom is -0.381 e. The maximum Gasteiger partial charge on any atom is 0.137 e. The van der Waals surface area contributed by atoms with Crippen molar-refractivity contribution in [3.8, 4) is 0 Å². The number of ether oxygens (including phenoxy) is 1. The Bertz CT molecular complexity index is 575. The molecule has 1 aliphatic heterocycles. The Hall–Kier alpha value is -1.10. The summed E-state index contributed by atoms with van der Waals surface area (Å²) in [5.41, 5.74) is 2.12. The van der Waals surface area contributed by atoms with Crippen molar-refractivity contribution in [3.63, 3.8) is 0 Å².